The quantitative estimate of drug-likeness (QED) is 0.542. The van der Waals surface area contributed by atoms with E-state index in [9.17, 15) is 9.59 Å². The van der Waals surface area contributed by atoms with Gasteiger partial charge in [-0.2, -0.15) is 0 Å². The van der Waals surface area contributed by atoms with E-state index >= 15 is 0 Å². The summed E-state index contributed by atoms with van der Waals surface area (Å²) in [6, 6.07) is 0. The van der Waals surface area contributed by atoms with Crippen molar-refractivity contribution in [3.63, 3.8) is 0 Å². The second-order valence-electron chi connectivity index (χ2n) is 2.31. The van der Waals surface area contributed by atoms with Crippen LogP contribution in [0.3, 0.4) is 0 Å². The molecule has 0 aliphatic rings. The smallest absolute Gasteiger partial charge is 0.303 e. The van der Waals surface area contributed by atoms with Crippen molar-refractivity contribution in [1.82, 2.24) is 0 Å². The zero-order chi connectivity index (χ0) is 11.4. The van der Waals surface area contributed by atoms with Crippen molar-refractivity contribution in [2.45, 2.75) is 19.8 Å². The predicted octanol–water partition coefficient (Wildman–Crippen LogP) is 1.77. The fourth-order valence-electron chi connectivity index (χ4n) is 0.402. The molecule has 1 N–H and O–H groups in total. The number of carbonyl (C=O) groups is 2. The fraction of sp³-hybridized carbons (Fsp3) is 0.400. The number of allylic oxidation sites excluding steroid dienone is 1. The molecule has 0 atom stereocenters. The second kappa shape index (κ2) is 11.4. The molecular weight excluding hydrogens is 184 g/mol. The first-order chi connectivity index (χ1) is 6.54. The molecule has 0 bridgehead atoms. The van der Waals surface area contributed by atoms with Crippen LogP contribution in [0, 0.1) is 0 Å². The third-order valence-corrected chi connectivity index (χ3v) is 0.967. The molecule has 0 aromatic rings. The maximum Gasteiger partial charge on any atom is 0.303 e. The first kappa shape index (κ1) is 14.9. The molecule has 0 heterocycles. The number of aliphatic carboxylic acids is 1. The molecule has 0 unspecified atom stereocenters. The van der Waals surface area contributed by atoms with Gasteiger partial charge in [0.05, 0.1) is 0 Å². The SMILES string of the molecule is C=CCCC(=O)O.C=CCOC(C)=O. The maximum absolute atomic E-state index is 9.93. The number of hydrogen-bond acceptors (Lipinski definition) is 3. The van der Waals surface area contributed by atoms with E-state index in [4.69, 9.17) is 5.11 Å². The Bertz CT molecular complexity index is 174. The summed E-state index contributed by atoms with van der Waals surface area (Å²) in [7, 11) is 0. The molecule has 0 aromatic carbocycles. The van der Waals surface area contributed by atoms with Crippen LogP contribution in [0.2, 0.25) is 0 Å². The van der Waals surface area contributed by atoms with Crippen LogP contribution < -0.4 is 0 Å². The van der Waals surface area contributed by atoms with Gasteiger partial charge in [0.15, 0.2) is 0 Å². The first-order valence-corrected chi connectivity index (χ1v) is 4.11. The van der Waals surface area contributed by atoms with E-state index in [-0.39, 0.29) is 12.4 Å². The molecule has 0 rings (SSSR count). The van der Waals surface area contributed by atoms with Gasteiger partial charge in [0.1, 0.15) is 6.61 Å². The minimum atomic E-state index is -0.764. The third-order valence-electron chi connectivity index (χ3n) is 0.967. The van der Waals surface area contributed by atoms with Crippen LogP contribution in [0.15, 0.2) is 25.3 Å². The van der Waals surface area contributed by atoms with Gasteiger partial charge in [-0.15, -0.1) is 6.58 Å². The molecule has 0 radical (unpaired) electrons. The van der Waals surface area contributed by atoms with Gasteiger partial charge in [-0.25, -0.2) is 0 Å². The van der Waals surface area contributed by atoms with E-state index in [1.54, 1.807) is 6.08 Å². The zero-order valence-electron chi connectivity index (χ0n) is 8.36. The molecule has 0 fully saturated rings. The van der Waals surface area contributed by atoms with Gasteiger partial charge in [0, 0.05) is 13.3 Å². The Morgan fingerprint density at radius 1 is 1.36 bits per heavy atom. The predicted molar refractivity (Wildman–Crippen MR) is 53.9 cm³/mol. The summed E-state index contributed by atoms with van der Waals surface area (Å²) >= 11 is 0. The second-order valence-corrected chi connectivity index (χ2v) is 2.31. The Morgan fingerprint density at radius 2 is 1.93 bits per heavy atom. The number of carboxylic acids is 1. The average molecular weight is 200 g/mol. The van der Waals surface area contributed by atoms with Gasteiger partial charge in [-0.05, 0) is 6.42 Å². The zero-order valence-corrected chi connectivity index (χ0v) is 8.36. The summed E-state index contributed by atoms with van der Waals surface area (Å²) < 4.78 is 4.43. The highest BCUT2D eigenvalue weighted by molar-refractivity contribution is 5.66. The molecule has 14 heavy (non-hydrogen) atoms. The van der Waals surface area contributed by atoms with Gasteiger partial charge in [0.25, 0.3) is 0 Å². The third kappa shape index (κ3) is 22.4. The minimum Gasteiger partial charge on any atom is -0.481 e. The summed E-state index contributed by atoms with van der Waals surface area (Å²) in [6.07, 6.45) is 3.88. The Hall–Kier alpha value is -1.58. The number of hydrogen-bond donors (Lipinski definition) is 1. The molecule has 0 amide bonds. The van der Waals surface area contributed by atoms with E-state index in [1.165, 1.54) is 13.0 Å². The molecule has 0 saturated carbocycles. The summed E-state index contributed by atoms with van der Waals surface area (Å²) in [6.45, 7) is 8.40. The van der Waals surface area contributed by atoms with Gasteiger partial charge in [-0.1, -0.05) is 18.7 Å². The normalized spacial score (nSPS) is 7.79. The number of carboxylic acid groups (broad SMARTS) is 1. The number of ether oxygens (including phenoxy) is 1. The molecule has 0 saturated heterocycles. The van der Waals surface area contributed by atoms with Gasteiger partial charge in [0.2, 0.25) is 0 Å². The highest BCUT2D eigenvalue weighted by Gasteiger charge is 1.89. The molecule has 80 valence electrons. The lowest BCUT2D eigenvalue weighted by Gasteiger charge is -1.90. The fourth-order valence-corrected chi connectivity index (χ4v) is 0.402. The number of rotatable bonds is 5. The van der Waals surface area contributed by atoms with Crippen molar-refractivity contribution in [3.8, 4) is 0 Å². The lowest BCUT2D eigenvalue weighted by molar-refractivity contribution is -0.140. The molecule has 0 aliphatic carbocycles. The monoisotopic (exact) mass is 200 g/mol. The van der Waals surface area contributed by atoms with Crippen molar-refractivity contribution in [3.05, 3.63) is 25.3 Å². The molecular formula is C10H16O4. The maximum atomic E-state index is 9.93. The van der Waals surface area contributed by atoms with Crippen LogP contribution in [0.1, 0.15) is 19.8 Å². The topological polar surface area (TPSA) is 63.6 Å². The van der Waals surface area contributed by atoms with Crippen molar-refractivity contribution < 1.29 is 19.4 Å². The Kier molecular flexibility index (Phi) is 12.2. The van der Waals surface area contributed by atoms with Crippen molar-refractivity contribution in [2.75, 3.05) is 6.61 Å². The lowest BCUT2D eigenvalue weighted by atomic mass is 10.3. The summed E-state index contributed by atoms with van der Waals surface area (Å²) in [5.41, 5.74) is 0. The van der Waals surface area contributed by atoms with E-state index in [0.29, 0.717) is 13.0 Å². The van der Waals surface area contributed by atoms with Gasteiger partial charge >= 0.3 is 11.9 Å². The van der Waals surface area contributed by atoms with E-state index in [1.807, 2.05) is 0 Å². The molecule has 0 aliphatic heterocycles. The van der Waals surface area contributed by atoms with Gasteiger partial charge < -0.3 is 9.84 Å². The Morgan fingerprint density at radius 3 is 2.07 bits per heavy atom. The average Bonchev–Trinajstić information content (AvgIpc) is 2.12. The molecule has 0 aromatic heterocycles. The summed E-state index contributed by atoms with van der Waals surface area (Å²) in [5, 5.41) is 8.00. The largest absolute Gasteiger partial charge is 0.481 e. The van der Waals surface area contributed by atoms with E-state index in [0.717, 1.165) is 0 Å². The van der Waals surface area contributed by atoms with Gasteiger partial charge in [-0.3, -0.25) is 9.59 Å². The van der Waals surface area contributed by atoms with Crippen LogP contribution >= 0.6 is 0 Å². The molecule has 0 spiro atoms. The van der Waals surface area contributed by atoms with Crippen LogP contribution in [0.5, 0.6) is 0 Å². The lowest BCUT2D eigenvalue weighted by Crippen LogP contribution is -1.96. The van der Waals surface area contributed by atoms with Crippen LogP contribution in [0.4, 0.5) is 0 Å². The van der Waals surface area contributed by atoms with Crippen LogP contribution in [0.25, 0.3) is 0 Å². The standard InChI is InChI=1S/2C5H8O2/c1-3-4-7-5(2)6;1-2-3-4-5(6)7/h3H,1,4H2,2H3;2H,1,3-4H2,(H,6,7). The van der Waals surface area contributed by atoms with Crippen molar-refractivity contribution >= 4 is 11.9 Å². The minimum absolute atomic E-state index is 0.198. The Labute approximate surface area is 83.9 Å². The summed E-state index contributed by atoms with van der Waals surface area (Å²) in [5.74, 6) is -1.03. The summed E-state index contributed by atoms with van der Waals surface area (Å²) in [4.78, 5) is 19.6. The van der Waals surface area contributed by atoms with Crippen molar-refractivity contribution in [1.29, 1.82) is 0 Å². The van der Waals surface area contributed by atoms with Crippen LogP contribution in [-0.4, -0.2) is 23.7 Å². The molecule has 4 nitrogen and oxygen atoms in total. The molecule has 4 heteroatoms. The highest BCUT2D eigenvalue weighted by atomic mass is 16.5. The van der Waals surface area contributed by atoms with Crippen molar-refractivity contribution in [2.24, 2.45) is 0 Å². The van der Waals surface area contributed by atoms with E-state index < -0.39 is 5.97 Å². The Balaban J connectivity index is 0. The van der Waals surface area contributed by atoms with E-state index in [2.05, 4.69) is 17.9 Å². The first-order valence-electron chi connectivity index (χ1n) is 4.11. The van der Waals surface area contributed by atoms with Crippen LogP contribution in [-0.2, 0) is 14.3 Å². The highest BCUT2D eigenvalue weighted by Crippen LogP contribution is 1.86. The number of carbonyl (C=O) groups excluding carboxylic acids is 1. The number of esters is 1.